The molecule has 2 fully saturated rings. The number of pyridine rings is 1. The summed E-state index contributed by atoms with van der Waals surface area (Å²) < 4.78 is 0. The lowest BCUT2D eigenvalue weighted by Crippen LogP contribution is -2.35. The molecule has 0 aliphatic heterocycles. The van der Waals surface area contributed by atoms with Crippen molar-refractivity contribution in [2.75, 3.05) is 6.54 Å². The maximum Gasteiger partial charge on any atom is 0.0666 e. The predicted octanol–water partition coefficient (Wildman–Crippen LogP) is 1.92. The molecule has 5 unspecified atom stereocenters. The summed E-state index contributed by atoms with van der Waals surface area (Å²) in [4.78, 5) is 4.36. The fourth-order valence-corrected chi connectivity index (χ4v) is 4.04. The van der Waals surface area contributed by atoms with Gasteiger partial charge in [-0.2, -0.15) is 0 Å². The zero-order chi connectivity index (χ0) is 12.5. The van der Waals surface area contributed by atoms with Gasteiger partial charge in [-0.3, -0.25) is 4.98 Å². The number of fused-ring (bicyclic) bond motifs is 2. The Morgan fingerprint density at radius 2 is 2.22 bits per heavy atom. The first-order valence-electron chi connectivity index (χ1n) is 7.08. The third-order valence-corrected chi connectivity index (χ3v) is 4.97. The molecule has 1 heterocycles. The van der Waals surface area contributed by atoms with E-state index in [1.807, 2.05) is 18.2 Å². The molecule has 98 valence electrons. The molecule has 0 aromatic carbocycles. The number of aromatic nitrogens is 1. The summed E-state index contributed by atoms with van der Waals surface area (Å²) in [6, 6.07) is 5.85. The van der Waals surface area contributed by atoms with E-state index in [1.165, 1.54) is 25.7 Å². The van der Waals surface area contributed by atoms with Crippen LogP contribution in [0.3, 0.4) is 0 Å². The fourth-order valence-electron chi connectivity index (χ4n) is 4.04. The molecule has 0 spiro atoms. The lowest BCUT2D eigenvalue weighted by Gasteiger charge is -2.31. The van der Waals surface area contributed by atoms with Crippen LogP contribution in [0.2, 0.25) is 0 Å². The van der Waals surface area contributed by atoms with Crippen LogP contribution in [-0.4, -0.2) is 22.7 Å². The Labute approximate surface area is 108 Å². The normalized spacial score (nSPS) is 33.6. The predicted molar refractivity (Wildman–Crippen MR) is 71.0 cm³/mol. The largest absolute Gasteiger partial charge is 0.392 e. The number of rotatable bonds is 4. The zero-order valence-electron chi connectivity index (χ0n) is 10.7. The van der Waals surface area contributed by atoms with E-state index in [0.29, 0.717) is 12.5 Å². The Balaban J connectivity index is 1.76. The summed E-state index contributed by atoms with van der Waals surface area (Å²) >= 11 is 0. The van der Waals surface area contributed by atoms with Crippen LogP contribution in [0, 0.1) is 17.8 Å². The Bertz CT molecular complexity index is 395. The monoisotopic (exact) mass is 246 g/mol. The van der Waals surface area contributed by atoms with Crippen LogP contribution in [0.1, 0.15) is 37.3 Å². The van der Waals surface area contributed by atoms with E-state index >= 15 is 0 Å². The van der Waals surface area contributed by atoms with E-state index in [2.05, 4.69) is 4.98 Å². The molecule has 0 amide bonds. The Hall–Kier alpha value is -0.930. The van der Waals surface area contributed by atoms with Crippen molar-refractivity contribution in [2.24, 2.45) is 23.5 Å². The average molecular weight is 246 g/mol. The van der Waals surface area contributed by atoms with E-state index in [1.54, 1.807) is 6.20 Å². The molecule has 1 aromatic rings. The van der Waals surface area contributed by atoms with Gasteiger partial charge in [0, 0.05) is 24.4 Å². The molecular weight excluding hydrogens is 224 g/mol. The molecule has 3 nitrogen and oxygen atoms in total. The minimum absolute atomic E-state index is 0.00412. The van der Waals surface area contributed by atoms with E-state index < -0.39 is 0 Å². The van der Waals surface area contributed by atoms with Crippen LogP contribution in [0.15, 0.2) is 24.4 Å². The first-order chi connectivity index (χ1) is 8.79. The van der Waals surface area contributed by atoms with Crippen molar-refractivity contribution in [3.05, 3.63) is 30.1 Å². The number of hydrogen-bond donors (Lipinski definition) is 2. The highest BCUT2D eigenvalue weighted by molar-refractivity contribution is 5.13. The minimum atomic E-state index is -0.319. The molecule has 3 heteroatoms. The first kappa shape index (κ1) is 12.1. The van der Waals surface area contributed by atoms with Crippen LogP contribution in [-0.2, 0) is 0 Å². The molecular formula is C15H22N2O. The maximum atomic E-state index is 10.7. The van der Waals surface area contributed by atoms with Crippen molar-refractivity contribution in [1.82, 2.24) is 4.98 Å². The van der Waals surface area contributed by atoms with Crippen molar-refractivity contribution in [3.8, 4) is 0 Å². The van der Waals surface area contributed by atoms with E-state index in [0.717, 1.165) is 17.5 Å². The number of nitrogens with zero attached hydrogens (tertiary/aromatic N) is 1. The third kappa shape index (κ3) is 2.06. The van der Waals surface area contributed by atoms with Gasteiger partial charge in [0.25, 0.3) is 0 Å². The van der Waals surface area contributed by atoms with Gasteiger partial charge in [0.05, 0.1) is 6.10 Å². The van der Waals surface area contributed by atoms with Gasteiger partial charge < -0.3 is 10.8 Å². The molecule has 2 bridgehead atoms. The highest BCUT2D eigenvalue weighted by Gasteiger charge is 2.44. The van der Waals surface area contributed by atoms with Gasteiger partial charge in [-0.05, 0) is 49.1 Å². The van der Waals surface area contributed by atoms with Crippen molar-refractivity contribution >= 4 is 0 Å². The standard InChI is InChI=1S/C15H22N2O/c16-9-13(14-3-1-2-6-17-14)15(18)12-8-10-4-5-11(12)7-10/h1-3,6,10-13,15,18H,4-5,7-9,16H2. The van der Waals surface area contributed by atoms with Crippen molar-refractivity contribution in [3.63, 3.8) is 0 Å². The second-order valence-corrected chi connectivity index (χ2v) is 5.93. The number of nitrogens with two attached hydrogens (primary N) is 1. The minimum Gasteiger partial charge on any atom is -0.392 e. The molecule has 2 aliphatic carbocycles. The van der Waals surface area contributed by atoms with Gasteiger partial charge in [-0.15, -0.1) is 0 Å². The molecule has 0 saturated heterocycles. The summed E-state index contributed by atoms with van der Waals surface area (Å²) in [7, 11) is 0. The van der Waals surface area contributed by atoms with Gasteiger partial charge in [0.2, 0.25) is 0 Å². The Kier molecular flexibility index (Phi) is 3.35. The second-order valence-electron chi connectivity index (χ2n) is 5.93. The van der Waals surface area contributed by atoms with Crippen LogP contribution < -0.4 is 5.73 Å². The van der Waals surface area contributed by atoms with Gasteiger partial charge in [-0.1, -0.05) is 12.5 Å². The molecule has 0 radical (unpaired) electrons. The Morgan fingerprint density at radius 3 is 2.78 bits per heavy atom. The molecule has 18 heavy (non-hydrogen) atoms. The van der Waals surface area contributed by atoms with Crippen molar-refractivity contribution in [2.45, 2.75) is 37.7 Å². The maximum absolute atomic E-state index is 10.7. The molecule has 3 N–H and O–H groups in total. The number of aliphatic hydroxyl groups excluding tert-OH is 1. The van der Waals surface area contributed by atoms with Crippen molar-refractivity contribution < 1.29 is 5.11 Å². The topological polar surface area (TPSA) is 59.1 Å². The SMILES string of the molecule is NCC(c1ccccn1)C(O)C1CC2CCC1C2. The molecule has 2 saturated carbocycles. The van der Waals surface area contributed by atoms with Crippen LogP contribution >= 0.6 is 0 Å². The van der Waals surface area contributed by atoms with Crippen molar-refractivity contribution in [1.29, 1.82) is 0 Å². The van der Waals surface area contributed by atoms with Gasteiger partial charge in [0.15, 0.2) is 0 Å². The summed E-state index contributed by atoms with van der Waals surface area (Å²) in [6.07, 6.45) is 6.64. The zero-order valence-corrected chi connectivity index (χ0v) is 10.7. The number of aliphatic hydroxyl groups is 1. The van der Waals surface area contributed by atoms with E-state index in [-0.39, 0.29) is 12.0 Å². The van der Waals surface area contributed by atoms with E-state index in [4.69, 9.17) is 5.73 Å². The average Bonchev–Trinajstić information content (AvgIpc) is 3.03. The highest BCUT2D eigenvalue weighted by atomic mass is 16.3. The van der Waals surface area contributed by atoms with E-state index in [9.17, 15) is 5.11 Å². The van der Waals surface area contributed by atoms with Crippen LogP contribution in [0.25, 0.3) is 0 Å². The summed E-state index contributed by atoms with van der Waals surface area (Å²) in [5.74, 6) is 2.02. The first-order valence-corrected chi connectivity index (χ1v) is 7.08. The Morgan fingerprint density at radius 1 is 1.33 bits per heavy atom. The summed E-state index contributed by atoms with van der Waals surface area (Å²) in [5.41, 5.74) is 6.81. The molecule has 3 rings (SSSR count). The van der Waals surface area contributed by atoms with Gasteiger partial charge in [0.1, 0.15) is 0 Å². The number of hydrogen-bond acceptors (Lipinski definition) is 3. The summed E-state index contributed by atoms with van der Waals surface area (Å²) in [6.45, 7) is 0.478. The lowest BCUT2D eigenvalue weighted by atomic mass is 9.78. The molecule has 1 aromatic heterocycles. The van der Waals surface area contributed by atoms with Gasteiger partial charge >= 0.3 is 0 Å². The fraction of sp³-hybridized carbons (Fsp3) is 0.667. The second kappa shape index (κ2) is 4.98. The third-order valence-electron chi connectivity index (χ3n) is 4.97. The summed E-state index contributed by atoms with van der Waals surface area (Å²) in [5, 5.41) is 10.7. The highest BCUT2D eigenvalue weighted by Crippen LogP contribution is 2.51. The molecule has 2 aliphatic rings. The quantitative estimate of drug-likeness (QED) is 0.853. The lowest BCUT2D eigenvalue weighted by molar-refractivity contribution is 0.0521. The van der Waals surface area contributed by atoms with Crippen LogP contribution in [0.4, 0.5) is 0 Å². The van der Waals surface area contributed by atoms with Gasteiger partial charge in [-0.25, -0.2) is 0 Å². The molecule has 5 atom stereocenters. The van der Waals surface area contributed by atoms with Crippen LogP contribution in [0.5, 0.6) is 0 Å². The smallest absolute Gasteiger partial charge is 0.0666 e.